The van der Waals surface area contributed by atoms with E-state index in [1.54, 1.807) is 6.07 Å². The lowest BCUT2D eigenvalue weighted by atomic mass is 10.1. The Labute approximate surface area is 98.4 Å². The molecule has 1 aromatic rings. The third kappa shape index (κ3) is 2.13. The number of amides is 3. The smallest absolute Gasteiger partial charge is 0.329 e. The van der Waals surface area contributed by atoms with Gasteiger partial charge >= 0.3 is 6.03 Å². The summed E-state index contributed by atoms with van der Waals surface area (Å²) >= 11 is 0. The standard InChI is InChI=1S/C12H13FN2O2/c1-2-8-7-11(16)15(12(17)14-8)10-6-4-3-5-9(10)13/h3-6,8H,2,7H2,1H3,(H,14,17). The maximum atomic E-state index is 13.5. The van der Waals surface area contributed by atoms with Gasteiger partial charge in [-0.15, -0.1) is 0 Å². The van der Waals surface area contributed by atoms with E-state index in [9.17, 15) is 14.0 Å². The molecule has 0 aromatic heterocycles. The molecule has 0 radical (unpaired) electrons. The minimum atomic E-state index is -0.578. The minimum absolute atomic E-state index is 0.00422. The second-order valence-electron chi connectivity index (χ2n) is 3.94. The van der Waals surface area contributed by atoms with E-state index in [2.05, 4.69) is 5.32 Å². The van der Waals surface area contributed by atoms with Gasteiger partial charge in [0.2, 0.25) is 5.91 Å². The summed E-state index contributed by atoms with van der Waals surface area (Å²) in [6, 6.07) is 5.03. The topological polar surface area (TPSA) is 49.4 Å². The van der Waals surface area contributed by atoms with E-state index in [1.165, 1.54) is 18.2 Å². The molecular formula is C12H13FN2O2. The van der Waals surface area contributed by atoms with E-state index in [1.807, 2.05) is 6.92 Å². The molecule has 17 heavy (non-hydrogen) atoms. The zero-order chi connectivity index (χ0) is 12.4. The number of urea groups is 1. The molecule has 4 nitrogen and oxygen atoms in total. The second kappa shape index (κ2) is 4.53. The highest BCUT2D eigenvalue weighted by atomic mass is 19.1. The number of halogens is 1. The lowest BCUT2D eigenvalue weighted by molar-refractivity contribution is -0.119. The predicted molar refractivity (Wildman–Crippen MR) is 61.1 cm³/mol. The number of nitrogens with one attached hydrogen (secondary N) is 1. The van der Waals surface area contributed by atoms with Crippen molar-refractivity contribution in [1.29, 1.82) is 0 Å². The molecule has 1 atom stereocenters. The van der Waals surface area contributed by atoms with Crippen molar-refractivity contribution < 1.29 is 14.0 Å². The third-order valence-electron chi connectivity index (χ3n) is 2.79. The van der Waals surface area contributed by atoms with Crippen LogP contribution >= 0.6 is 0 Å². The predicted octanol–water partition coefficient (Wildman–Crippen LogP) is 2.05. The summed E-state index contributed by atoms with van der Waals surface area (Å²) in [5.41, 5.74) is 0.00422. The first-order chi connectivity index (χ1) is 8.13. The SMILES string of the molecule is CCC1CC(=O)N(c2ccccc2F)C(=O)N1. The fourth-order valence-electron chi connectivity index (χ4n) is 1.83. The van der Waals surface area contributed by atoms with E-state index in [-0.39, 0.29) is 24.1 Å². The Hall–Kier alpha value is -1.91. The number of hydrogen-bond acceptors (Lipinski definition) is 2. The molecule has 1 saturated heterocycles. The Morgan fingerprint density at radius 3 is 2.71 bits per heavy atom. The third-order valence-corrected chi connectivity index (χ3v) is 2.79. The van der Waals surface area contributed by atoms with Crippen molar-refractivity contribution in [3.63, 3.8) is 0 Å². The highest BCUT2D eigenvalue weighted by molar-refractivity contribution is 6.16. The van der Waals surface area contributed by atoms with Crippen molar-refractivity contribution in [2.24, 2.45) is 0 Å². The van der Waals surface area contributed by atoms with Gasteiger partial charge in [-0.25, -0.2) is 14.1 Å². The summed E-state index contributed by atoms with van der Waals surface area (Å²) in [7, 11) is 0. The number of para-hydroxylation sites is 1. The molecule has 1 N–H and O–H groups in total. The van der Waals surface area contributed by atoms with Gasteiger partial charge in [0.15, 0.2) is 0 Å². The first-order valence-corrected chi connectivity index (χ1v) is 5.51. The van der Waals surface area contributed by atoms with Gasteiger partial charge in [0, 0.05) is 12.5 Å². The largest absolute Gasteiger partial charge is 0.334 e. The zero-order valence-electron chi connectivity index (χ0n) is 9.44. The Kier molecular flexibility index (Phi) is 3.08. The molecule has 0 saturated carbocycles. The van der Waals surface area contributed by atoms with Crippen molar-refractivity contribution in [2.45, 2.75) is 25.8 Å². The molecule has 1 fully saturated rings. The number of nitrogens with zero attached hydrogens (tertiary/aromatic N) is 1. The van der Waals surface area contributed by atoms with Gasteiger partial charge < -0.3 is 5.32 Å². The van der Waals surface area contributed by atoms with Gasteiger partial charge in [-0.3, -0.25) is 4.79 Å². The summed E-state index contributed by atoms with van der Waals surface area (Å²) in [6.45, 7) is 1.89. The molecular weight excluding hydrogens is 223 g/mol. The zero-order valence-corrected chi connectivity index (χ0v) is 9.44. The van der Waals surface area contributed by atoms with Gasteiger partial charge in [0.25, 0.3) is 0 Å². The van der Waals surface area contributed by atoms with Gasteiger partial charge in [0.1, 0.15) is 5.82 Å². The van der Waals surface area contributed by atoms with E-state index >= 15 is 0 Å². The van der Waals surface area contributed by atoms with Crippen LogP contribution in [-0.2, 0) is 4.79 Å². The van der Waals surface area contributed by atoms with Crippen LogP contribution in [0.15, 0.2) is 24.3 Å². The van der Waals surface area contributed by atoms with Crippen LogP contribution in [0.5, 0.6) is 0 Å². The maximum absolute atomic E-state index is 13.5. The molecule has 1 aliphatic heterocycles. The van der Waals surface area contributed by atoms with Gasteiger partial charge in [-0.05, 0) is 18.6 Å². The van der Waals surface area contributed by atoms with Crippen LogP contribution in [0.3, 0.4) is 0 Å². The molecule has 90 valence electrons. The van der Waals surface area contributed by atoms with E-state index in [0.29, 0.717) is 6.42 Å². The molecule has 5 heteroatoms. The first-order valence-electron chi connectivity index (χ1n) is 5.51. The number of hydrogen-bond donors (Lipinski definition) is 1. The molecule has 1 heterocycles. The van der Waals surface area contributed by atoms with Crippen LogP contribution in [0.2, 0.25) is 0 Å². The Morgan fingerprint density at radius 1 is 1.41 bits per heavy atom. The molecule has 1 aromatic carbocycles. The fourth-order valence-corrected chi connectivity index (χ4v) is 1.83. The molecule has 3 amide bonds. The Balaban J connectivity index is 2.31. The van der Waals surface area contributed by atoms with Gasteiger partial charge in [-0.1, -0.05) is 19.1 Å². The van der Waals surface area contributed by atoms with E-state index in [0.717, 1.165) is 4.90 Å². The lowest BCUT2D eigenvalue weighted by Crippen LogP contribution is -2.55. The number of benzene rings is 1. The minimum Gasteiger partial charge on any atom is -0.334 e. The summed E-state index contributed by atoms with van der Waals surface area (Å²) in [5, 5.41) is 2.67. The first kappa shape index (κ1) is 11.6. The monoisotopic (exact) mass is 236 g/mol. The average Bonchev–Trinajstić information content (AvgIpc) is 2.30. The number of rotatable bonds is 2. The van der Waals surface area contributed by atoms with Gasteiger partial charge in [0.05, 0.1) is 5.69 Å². The van der Waals surface area contributed by atoms with Crippen LogP contribution < -0.4 is 10.2 Å². The number of carbonyl (C=O) groups is 2. The summed E-state index contributed by atoms with van der Waals surface area (Å²) in [5.74, 6) is -0.948. The van der Waals surface area contributed by atoms with Crippen LogP contribution in [0.4, 0.5) is 14.9 Å². The lowest BCUT2D eigenvalue weighted by Gasteiger charge is -2.30. The molecule has 0 aliphatic carbocycles. The summed E-state index contributed by atoms with van der Waals surface area (Å²) < 4.78 is 13.5. The number of imide groups is 1. The van der Waals surface area contributed by atoms with Crippen molar-refractivity contribution in [3.8, 4) is 0 Å². The van der Waals surface area contributed by atoms with E-state index in [4.69, 9.17) is 0 Å². The van der Waals surface area contributed by atoms with Crippen molar-refractivity contribution in [1.82, 2.24) is 5.32 Å². The highest BCUT2D eigenvalue weighted by Gasteiger charge is 2.33. The highest BCUT2D eigenvalue weighted by Crippen LogP contribution is 2.22. The maximum Gasteiger partial charge on any atom is 0.329 e. The van der Waals surface area contributed by atoms with Crippen molar-refractivity contribution >= 4 is 17.6 Å². The van der Waals surface area contributed by atoms with Crippen molar-refractivity contribution in [3.05, 3.63) is 30.1 Å². The van der Waals surface area contributed by atoms with Gasteiger partial charge in [-0.2, -0.15) is 0 Å². The van der Waals surface area contributed by atoms with Crippen LogP contribution in [0.1, 0.15) is 19.8 Å². The molecule has 1 aliphatic rings. The molecule has 0 bridgehead atoms. The summed E-state index contributed by atoms with van der Waals surface area (Å²) in [4.78, 5) is 24.4. The fraction of sp³-hybridized carbons (Fsp3) is 0.333. The number of anilines is 1. The van der Waals surface area contributed by atoms with E-state index < -0.39 is 11.8 Å². The number of carbonyl (C=O) groups excluding carboxylic acids is 2. The van der Waals surface area contributed by atoms with Crippen LogP contribution in [-0.4, -0.2) is 18.0 Å². The Morgan fingerprint density at radius 2 is 2.12 bits per heavy atom. The quantitative estimate of drug-likeness (QED) is 0.854. The normalized spacial score (nSPS) is 20.4. The van der Waals surface area contributed by atoms with Crippen molar-refractivity contribution in [2.75, 3.05) is 4.90 Å². The van der Waals surface area contributed by atoms with Crippen LogP contribution in [0, 0.1) is 5.82 Å². The second-order valence-corrected chi connectivity index (χ2v) is 3.94. The van der Waals surface area contributed by atoms with Crippen LogP contribution in [0.25, 0.3) is 0 Å². The molecule has 1 unspecified atom stereocenters. The summed E-state index contributed by atoms with van der Waals surface area (Å²) in [6.07, 6.45) is 0.888. The molecule has 2 rings (SSSR count). The average molecular weight is 236 g/mol. The molecule has 0 spiro atoms. The Bertz CT molecular complexity index is 444.